The fourth-order valence-corrected chi connectivity index (χ4v) is 2.32. The first-order valence-electron chi connectivity index (χ1n) is 6.28. The molecule has 1 amide bonds. The van der Waals surface area contributed by atoms with Crippen molar-refractivity contribution in [2.45, 2.75) is 25.8 Å². The van der Waals surface area contributed by atoms with Crippen molar-refractivity contribution in [2.75, 3.05) is 13.1 Å². The number of hydrogen-bond donors (Lipinski definition) is 1. The number of halogens is 1. The zero-order chi connectivity index (χ0) is 14.0. The van der Waals surface area contributed by atoms with Gasteiger partial charge in [-0.05, 0) is 31.7 Å². The van der Waals surface area contributed by atoms with Crippen LogP contribution in [0.4, 0.5) is 5.88 Å². The summed E-state index contributed by atoms with van der Waals surface area (Å²) in [6.07, 6.45) is 1.89. The molecule has 0 radical (unpaired) electrons. The molecule has 0 aromatic carbocycles. The third-order valence-corrected chi connectivity index (χ3v) is 3.47. The summed E-state index contributed by atoms with van der Waals surface area (Å²) in [5.41, 5.74) is 5.86. The lowest BCUT2D eigenvalue weighted by molar-refractivity contribution is -0.402. The number of likely N-dealkylation sites (tertiary alicyclic amines) is 1. The number of piperidine rings is 1. The third-order valence-electron chi connectivity index (χ3n) is 3.47. The first-order valence-corrected chi connectivity index (χ1v) is 6.28. The fourth-order valence-electron chi connectivity index (χ4n) is 2.32. The molecule has 2 rings (SSSR count). The van der Waals surface area contributed by atoms with E-state index in [4.69, 9.17) is 10.2 Å². The summed E-state index contributed by atoms with van der Waals surface area (Å²) in [6, 6.07) is 2.57. The second-order valence-electron chi connectivity index (χ2n) is 4.91. The van der Waals surface area contributed by atoms with Gasteiger partial charge in [-0.15, -0.1) is 12.4 Å². The summed E-state index contributed by atoms with van der Waals surface area (Å²) >= 11 is 0. The van der Waals surface area contributed by atoms with Crippen molar-refractivity contribution in [2.24, 2.45) is 11.7 Å². The van der Waals surface area contributed by atoms with Crippen LogP contribution >= 0.6 is 12.4 Å². The molecular formula is C12H18ClN3O4. The molecule has 0 bridgehead atoms. The van der Waals surface area contributed by atoms with Gasteiger partial charge in [0.05, 0.1) is 6.07 Å². The van der Waals surface area contributed by atoms with E-state index in [1.54, 1.807) is 4.90 Å². The van der Waals surface area contributed by atoms with Gasteiger partial charge in [0.25, 0.3) is 5.91 Å². The Morgan fingerprint density at radius 3 is 2.85 bits per heavy atom. The highest BCUT2D eigenvalue weighted by Crippen LogP contribution is 2.22. The van der Waals surface area contributed by atoms with Gasteiger partial charge in [-0.1, -0.05) is 0 Å². The van der Waals surface area contributed by atoms with Crippen LogP contribution < -0.4 is 5.73 Å². The summed E-state index contributed by atoms with van der Waals surface area (Å²) in [5, 5.41) is 10.5. The molecule has 20 heavy (non-hydrogen) atoms. The van der Waals surface area contributed by atoms with Gasteiger partial charge >= 0.3 is 5.88 Å². The highest BCUT2D eigenvalue weighted by molar-refractivity contribution is 5.91. The van der Waals surface area contributed by atoms with Crippen LogP contribution in [0.3, 0.4) is 0 Å². The van der Waals surface area contributed by atoms with Gasteiger partial charge in [0, 0.05) is 19.1 Å². The third kappa shape index (κ3) is 3.49. The standard InChI is InChI=1S/C12H17N3O4.ClH/c1-8(13)9-3-2-6-14(7-9)12(16)10-4-5-11(19-10)15(17)18;/h4-5,8-9H,2-3,6-7,13H2,1H3;1H. The van der Waals surface area contributed by atoms with Crippen LogP contribution in [-0.2, 0) is 0 Å². The first kappa shape index (κ1) is 16.5. The maximum atomic E-state index is 12.2. The zero-order valence-electron chi connectivity index (χ0n) is 11.2. The lowest BCUT2D eigenvalue weighted by Gasteiger charge is -2.34. The Bertz CT molecular complexity index is 489. The molecule has 1 fully saturated rings. The van der Waals surface area contributed by atoms with E-state index in [1.165, 1.54) is 12.1 Å². The molecule has 0 aliphatic carbocycles. The number of carbonyl (C=O) groups is 1. The average Bonchev–Trinajstić information content (AvgIpc) is 2.87. The quantitative estimate of drug-likeness (QED) is 0.677. The van der Waals surface area contributed by atoms with Crippen molar-refractivity contribution >= 4 is 24.2 Å². The Labute approximate surface area is 122 Å². The maximum Gasteiger partial charge on any atom is 0.433 e. The monoisotopic (exact) mass is 303 g/mol. The second-order valence-corrected chi connectivity index (χ2v) is 4.91. The van der Waals surface area contributed by atoms with E-state index in [2.05, 4.69) is 0 Å². The molecular weight excluding hydrogens is 286 g/mol. The van der Waals surface area contributed by atoms with E-state index >= 15 is 0 Å². The first-order chi connectivity index (χ1) is 8.99. The highest BCUT2D eigenvalue weighted by atomic mass is 35.5. The minimum absolute atomic E-state index is 0. The molecule has 2 N–H and O–H groups in total. The van der Waals surface area contributed by atoms with Crippen molar-refractivity contribution in [1.82, 2.24) is 4.90 Å². The van der Waals surface area contributed by atoms with Gasteiger partial charge in [-0.2, -0.15) is 0 Å². The fraction of sp³-hybridized carbons (Fsp3) is 0.583. The molecule has 1 saturated heterocycles. The van der Waals surface area contributed by atoms with Crippen LogP contribution in [0.15, 0.2) is 16.5 Å². The van der Waals surface area contributed by atoms with Crippen LogP contribution in [-0.4, -0.2) is 34.9 Å². The zero-order valence-corrected chi connectivity index (χ0v) is 12.0. The summed E-state index contributed by atoms with van der Waals surface area (Å²) in [7, 11) is 0. The van der Waals surface area contributed by atoms with Crippen LogP contribution in [0.1, 0.15) is 30.3 Å². The van der Waals surface area contributed by atoms with E-state index in [-0.39, 0.29) is 36.0 Å². The van der Waals surface area contributed by atoms with Gasteiger partial charge in [-0.3, -0.25) is 14.9 Å². The molecule has 1 aliphatic heterocycles. The van der Waals surface area contributed by atoms with Gasteiger partial charge in [0.15, 0.2) is 5.76 Å². The van der Waals surface area contributed by atoms with Crippen LogP contribution in [0, 0.1) is 16.0 Å². The normalized spacial score (nSPS) is 20.1. The van der Waals surface area contributed by atoms with Crippen molar-refractivity contribution in [3.05, 3.63) is 28.0 Å². The Morgan fingerprint density at radius 1 is 1.60 bits per heavy atom. The summed E-state index contributed by atoms with van der Waals surface area (Å²) in [5.74, 6) is -0.442. The molecule has 2 atom stereocenters. The molecule has 2 heterocycles. The van der Waals surface area contributed by atoms with Crippen LogP contribution in [0.2, 0.25) is 0 Å². The van der Waals surface area contributed by atoms with Crippen LogP contribution in [0.5, 0.6) is 0 Å². The molecule has 1 aromatic rings. The predicted octanol–water partition coefficient (Wildman–Crippen LogP) is 1.81. The number of nitrogens with two attached hydrogens (primary N) is 1. The van der Waals surface area contributed by atoms with Gasteiger partial charge in [0.2, 0.25) is 0 Å². The molecule has 8 heteroatoms. The van der Waals surface area contributed by atoms with Gasteiger partial charge in [0.1, 0.15) is 4.92 Å². The van der Waals surface area contributed by atoms with E-state index in [0.717, 1.165) is 12.8 Å². The lowest BCUT2D eigenvalue weighted by Crippen LogP contribution is -2.44. The average molecular weight is 304 g/mol. The van der Waals surface area contributed by atoms with Gasteiger partial charge < -0.3 is 15.1 Å². The second kappa shape index (κ2) is 6.71. The molecule has 112 valence electrons. The van der Waals surface area contributed by atoms with Crippen molar-refractivity contribution in [1.29, 1.82) is 0 Å². The molecule has 0 saturated carbocycles. The number of rotatable bonds is 3. The Kier molecular flexibility index (Phi) is 5.52. The van der Waals surface area contributed by atoms with Crippen molar-refractivity contribution < 1.29 is 14.1 Å². The smallest absolute Gasteiger partial charge is 0.395 e. The maximum absolute atomic E-state index is 12.2. The molecule has 0 spiro atoms. The number of nitrogens with zero attached hydrogens (tertiary/aromatic N) is 2. The lowest BCUT2D eigenvalue weighted by atomic mass is 9.92. The van der Waals surface area contributed by atoms with E-state index in [1.807, 2.05) is 6.92 Å². The molecule has 1 aromatic heterocycles. The Hall–Kier alpha value is -1.60. The van der Waals surface area contributed by atoms with Crippen LogP contribution in [0.25, 0.3) is 0 Å². The molecule has 1 aliphatic rings. The van der Waals surface area contributed by atoms with Crippen molar-refractivity contribution in [3.63, 3.8) is 0 Å². The number of carbonyl (C=O) groups excluding carboxylic acids is 1. The SMILES string of the molecule is CC(N)C1CCCN(C(=O)c2ccc([N+](=O)[O-])o2)C1.Cl. The Morgan fingerprint density at radius 2 is 2.30 bits per heavy atom. The number of hydrogen-bond acceptors (Lipinski definition) is 5. The summed E-state index contributed by atoms with van der Waals surface area (Å²) in [6.45, 7) is 3.14. The van der Waals surface area contributed by atoms with Crippen molar-refractivity contribution in [3.8, 4) is 0 Å². The van der Waals surface area contributed by atoms with Gasteiger partial charge in [-0.25, -0.2) is 0 Å². The minimum atomic E-state index is -0.655. The minimum Gasteiger partial charge on any atom is -0.395 e. The van der Waals surface area contributed by atoms with E-state index in [0.29, 0.717) is 13.1 Å². The van der Waals surface area contributed by atoms with E-state index in [9.17, 15) is 14.9 Å². The predicted molar refractivity (Wildman–Crippen MR) is 74.9 cm³/mol. The summed E-state index contributed by atoms with van der Waals surface area (Å²) in [4.78, 5) is 23.7. The summed E-state index contributed by atoms with van der Waals surface area (Å²) < 4.78 is 4.93. The number of furan rings is 1. The topological polar surface area (TPSA) is 103 Å². The molecule has 2 unspecified atom stereocenters. The highest BCUT2D eigenvalue weighted by Gasteiger charge is 2.28. The Balaban J connectivity index is 0.00000200. The molecule has 7 nitrogen and oxygen atoms in total. The van der Waals surface area contributed by atoms with E-state index < -0.39 is 10.8 Å². The number of amides is 1. The largest absolute Gasteiger partial charge is 0.433 e. The number of nitro groups is 1.